The minimum atomic E-state index is -1.79. The van der Waals surface area contributed by atoms with Crippen LogP contribution in [0.15, 0.2) is 37.4 Å². The Kier molecular flexibility index (Phi) is 36.0. The van der Waals surface area contributed by atoms with Crippen LogP contribution in [0.5, 0.6) is 0 Å². The maximum Gasteiger partial charge on any atom is 0.527 e. The third kappa shape index (κ3) is 34.5. The van der Waals surface area contributed by atoms with Crippen LogP contribution in [0.2, 0.25) is 0 Å². The van der Waals surface area contributed by atoms with Gasteiger partial charge in [-0.15, -0.1) is 5.43 Å². The van der Waals surface area contributed by atoms with E-state index in [1.54, 1.807) is 101 Å². The summed E-state index contributed by atoms with van der Waals surface area (Å²) in [7, 11) is 11.2. The number of amides is 14. The number of alkyl carbamates (subject to hydrolysis) is 2. The van der Waals surface area contributed by atoms with Gasteiger partial charge in [-0.3, -0.25) is 34.3 Å². The summed E-state index contributed by atoms with van der Waals surface area (Å²) in [5.41, 5.74) is 3.41. The largest absolute Gasteiger partial charge is 0.527 e. The predicted molar refractivity (Wildman–Crippen MR) is 372 cm³/mol. The third-order valence-corrected chi connectivity index (χ3v) is 16.1. The minimum absolute atomic E-state index is 0.00179. The molecule has 0 aromatic carbocycles. The van der Waals surface area contributed by atoms with Crippen LogP contribution < -0.4 is 63.8 Å². The number of aryl methyl sites for hydroxylation is 1. The first-order chi connectivity index (χ1) is 46.8. The normalized spacial score (nSPS) is 15.1. The number of hydrogen-bond donors (Lipinski definition) is 11. The molecule has 2 saturated heterocycles. The standard InChI is InChI=1S/C65H118N22O12/c1-62(2,3)98-59(95)71-51-27-44-85(45-28-51)61(97)87(77-54(90)26-17-13-22-38-79(7)8)86(58(94)70-34-21-15-19-32-65(81(11)12,74-55(91)48-84-47-37-67-50-84)75-56(92)68-35-25-39-80(9)10)78-57(93)69-33-20-14-18-31-64(76-60(96)99-63(4,5)6,73-53(89)30-43-83-46-36-66-49-83)72-52(88)29-42-82-40-23-16-24-41-82/h36-37,46-47,49-51H,13-35,38-45,48H2,1-12H3,(H,70,94)(H,71,95)(H,72,88)(H,73,89)(H,74,91)(H,76,96)(H,77,90)(H2,68,75,92)(H2,69,78,93)/q+1/t64?,65-/m0/s1. The van der Waals surface area contributed by atoms with E-state index in [4.69, 9.17) is 9.47 Å². The number of likely N-dealkylation sites (tertiary alicyclic amines) is 2. The fourth-order valence-electron chi connectivity index (χ4n) is 10.9. The van der Waals surface area contributed by atoms with E-state index in [1.165, 1.54) is 11.2 Å². The van der Waals surface area contributed by atoms with Gasteiger partial charge in [-0.1, -0.05) is 25.7 Å². The second kappa shape index (κ2) is 42.8. The first-order valence-corrected chi connectivity index (χ1v) is 34.9. The number of carbonyl (C=O) groups excluding carboxylic acids is 10. The lowest BCUT2D eigenvalue weighted by molar-refractivity contribution is -0.129. The Morgan fingerprint density at radius 1 is 0.535 bits per heavy atom. The van der Waals surface area contributed by atoms with E-state index in [0.717, 1.165) is 51.9 Å². The van der Waals surface area contributed by atoms with Crippen LogP contribution in [0, 0.1) is 0 Å². The van der Waals surface area contributed by atoms with Gasteiger partial charge in [0.15, 0.2) is 16.7 Å². The van der Waals surface area contributed by atoms with E-state index in [0.29, 0.717) is 87.5 Å². The van der Waals surface area contributed by atoms with Crippen molar-refractivity contribution in [2.45, 2.75) is 212 Å². The maximum absolute atomic E-state index is 14.9. The number of urea groups is 4. The summed E-state index contributed by atoms with van der Waals surface area (Å²) in [6.07, 6.45) is 17.0. The molecule has 1 unspecified atom stereocenters. The lowest BCUT2D eigenvalue weighted by Crippen LogP contribution is -2.72. The number of hydrazine groups is 3. The van der Waals surface area contributed by atoms with E-state index < -0.39 is 76.8 Å². The summed E-state index contributed by atoms with van der Waals surface area (Å²) >= 11 is 0. The molecule has 14 amide bonds. The molecule has 34 nitrogen and oxygen atoms in total. The molecule has 99 heavy (non-hydrogen) atoms. The zero-order chi connectivity index (χ0) is 73.0. The first-order valence-electron chi connectivity index (χ1n) is 34.9. The third-order valence-electron chi connectivity index (χ3n) is 16.1. The van der Waals surface area contributed by atoms with Crippen LogP contribution in [-0.2, 0) is 41.7 Å². The summed E-state index contributed by atoms with van der Waals surface area (Å²) in [4.78, 5) is 156. The zero-order valence-corrected chi connectivity index (χ0v) is 61.0. The number of nitrogens with zero attached hydrogens (tertiary/aromatic N) is 11. The van der Waals surface area contributed by atoms with Gasteiger partial charge >= 0.3 is 36.3 Å². The average Bonchev–Trinajstić information content (AvgIpc) is 1.39. The van der Waals surface area contributed by atoms with Crippen molar-refractivity contribution in [2.75, 3.05) is 108 Å². The quantitative estimate of drug-likeness (QED) is 0.0199. The SMILES string of the molecule is CN(C)CCCCCC(=O)N[N+](C(=O)N1CCC(NC(=O)OC(C)(C)C)CC1)N(NC(=O)NCCCCCC(NC(=O)CCN1CCCCC1)(NC(=O)CCn1ccnc1)NC(=O)OC(C)(C)C)C(=O)NCCCCC[C@](NC(=O)Cn1ccnc1)(NC(=O)NCCCN(C)C)N(C)C. The summed E-state index contributed by atoms with van der Waals surface area (Å²) in [5.74, 6) is -5.02. The Morgan fingerprint density at radius 3 is 1.69 bits per heavy atom. The minimum Gasteiger partial charge on any atom is -0.444 e. The Balaban J connectivity index is 1.57. The van der Waals surface area contributed by atoms with Gasteiger partial charge in [0, 0.05) is 114 Å². The topological polar surface area (TPSA) is 382 Å². The maximum atomic E-state index is 14.9. The zero-order valence-electron chi connectivity index (χ0n) is 61.0. The number of aromatic nitrogens is 4. The number of carbonyl (C=O) groups is 10. The smallest absolute Gasteiger partial charge is 0.444 e. The highest BCUT2D eigenvalue weighted by atomic mass is 16.6. The van der Waals surface area contributed by atoms with Crippen LogP contribution in [0.4, 0.5) is 28.8 Å². The number of imidazole rings is 2. The molecule has 4 rings (SSSR count). The first kappa shape index (κ1) is 83.3. The fraction of sp³-hybridized carbons (Fsp3) is 0.754. The molecule has 0 bridgehead atoms. The number of unbranched alkanes of at least 4 members (excludes halogenated alkanes) is 6. The Labute approximate surface area is 584 Å². The number of piperidine rings is 2. The van der Waals surface area contributed by atoms with E-state index in [-0.39, 0.29) is 89.7 Å². The molecule has 0 aliphatic carbocycles. The molecular formula is C65H118N22O12+. The van der Waals surface area contributed by atoms with Crippen LogP contribution in [0.1, 0.15) is 170 Å². The van der Waals surface area contributed by atoms with E-state index in [1.807, 2.05) is 38.0 Å². The summed E-state index contributed by atoms with van der Waals surface area (Å²) in [6.45, 7) is 14.8. The van der Waals surface area contributed by atoms with Gasteiger partial charge in [0.05, 0.1) is 12.7 Å². The van der Waals surface area contributed by atoms with Crippen molar-refractivity contribution in [3.63, 3.8) is 0 Å². The van der Waals surface area contributed by atoms with Gasteiger partial charge in [0.2, 0.25) is 17.7 Å². The highest BCUT2D eigenvalue weighted by Gasteiger charge is 2.47. The van der Waals surface area contributed by atoms with E-state index >= 15 is 0 Å². The van der Waals surface area contributed by atoms with Crippen molar-refractivity contribution >= 4 is 59.9 Å². The second-order valence-corrected chi connectivity index (χ2v) is 28.1. The van der Waals surface area contributed by atoms with Gasteiger partial charge in [-0.25, -0.2) is 33.9 Å². The van der Waals surface area contributed by atoms with Gasteiger partial charge in [-0.2, -0.15) is 10.2 Å². The van der Waals surface area contributed by atoms with Crippen LogP contribution in [0.3, 0.4) is 0 Å². The summed E-state index contributed by atoms with van der Waals surface area (Å²) < 4.78 is 14.4. The van der Waals surface area contributed by atoms with Crippen molar-refractivity contribution in [1.29, 1.82) is 0 Å². The summed E-state index contributed by atoms with van der Waals surface area (Å²) in [6, 6.07) is -3.64. The van der Waals surface area contributed by atoms with Crippen LogP contribution in [-0.4, -0.2) is 245 Å². The monoisotopic (exact) mass is 1400 g/mol. The molecular weight excluding hydrogens is 1280 g/mol. The van der Waals surface area contributed by atoms with Gasteiger partial charge < -0.3 is 75.8 Å². The molecule has 0 saturated carbocycles. The molecule has 2 fully saturated rings. The molecule has 2 aromatic rings. The molecule has 2 aliphatic rings. The Bertz CT molecular complexity index is 2780. The number of hydrogen-bond acceptors (Lipinski definition) is 18. The molecule has 34 heteroatoms. The van der Waals surface area contributed by atoms with Crippen molar-refractivity contribution in [1.82, 2.24) is 113 Å². The molecule has 1 radical (unpaired) electrons. The molecule has 11 N–H and O–H groups in total. The molecule has 4 heterocycles. The predicted octanol–water partition coefficient (Wildman–Crippen LogP) is 3.70. The lowest BCUT2D eigenvalue weighted by Gasteiger charge is -2.41. The highest BCUT2D eigenvalue weighted by Crippen LogP contribution is 2.20. The van der Waals surface area contributed by atoms with Gasteiger partial charge in [0.25, 0.3) is 5.91 Å². The molecule has 2 atom stereocenters. The number of rotatable bonds is 37. The van der Waals surface area contributed by atoms with Crippen molar-refractivity contribution in [3.05, 3.63) is 37.4 Å². The molecule has 559 valence electrons. The Hall–Kier alpha value is -8.08. The van der Waals surface area contributed by atoms with Crippen LogP contribution >= 0.6 is 0 Å². The fourth-order valence-corrected chi connectivity index (χ4v) is 10.9. The van der Waals surface area contributed by atoms with Crippen LogP contribution in [0.25, 0.3) is 0 Å². The average molecular weight is 1400 g/mol. The molecule has 0 spiro atoms. The van der Waals surface area contributed by atoms with Gasteiger partial charge in [0.1, 0.15) is 17.7 Å². The molecule has 2 aromatic heterocycles. The molecule has 2 aliphatic heterocycles. The summed E-state index contributed by atoms with van der Waals surface area (Å²) in [5, 5.41) is 27.2. The number of ether oxygens (including phenoxy) is 2. The van der Waals surface area contributed by atoms with Crippen molar-refractivity contribution < 1.29 is 57.4 Å². The van der Waals surface area contributed by atoms with Crippen molar-refractivity contribution in [3.8, 4) is 0 Å². The number of nitrogens with one attached hydrogen (secondary N) is 11. The van der Waals surface area contributed by atoms with E-state index in [9.17, 15) is 47.9 Å². The second-order valence-electron chi connectivity index (χ2n) is 28.1. The lowest BCUT2D eigenvalue weighted by atomic mass is 10.1. The Morgan fingerprint density at radius 2 is 1.09 bits per heavy atom. The highest BCUT2D eigenvalue weighted by molar-refractivity contribution is 5.88. The van der Waals surface area contributed by atoms with Crippen molar-refractivity contribution in [2.24, 2.45) is 0 Å². The van der Waals surface area contributed by atoms with Gasteiger partial charge in [-0.05, 0) is 181 Å². The van der Waals surface area contributed by atoms with E-state index in [2.05, 4.69) is 73.6 Å².